The zero-order valence-electron chi connectivity index (χ0n) is 13.3. The lowest BCUT2D eigenvalue weighted by molar-refractivity contribution is -0.118. The number of anilines is 1. The average Bonchev–Trinajstić information content (AvgIpc) is 3.03. The Bertz CT molecular complexity index is 675. The van der Waals surface area contributed by atoms with E-state index in [0.29, 0.717) is 17.9 Å². The minimum absolute atomic E-state index is 0.0262. The van der Waals surface area contributed by atoms with Crippen LogP contribution in [0.4, 0.5) is 5.69 Å². The van der Waals surface area contributed by atoms with E-state index in [2.05, 4.69) is 10.6 Å². The molecule has 2 amide bonds. The van der Waals surface area contributed by atoms with Gasteiger partial charge in [0.15, 0.2) is 0 Å². The summed E-state index contributed by atoms with van der Waals surface area (Å²) in [5, 5.41) is 5.62. The van der Waals surface area contributed by atoms with E-state index in [4.69, 9.17) is 10.2 Å². The minimum Gasteiger partial charge on any atom is -0.467 e. The maximum absolute atomic E-state index is 12.0. The molecule has 4 N–H and O–H groups in total. The first-order valence-corrected chi connectivity index (χ1v) is 7.45. The molecule has 0 aliphatic heterocycles. The number of benzene rings is 1. The van der Waals surface area contributed by atoms with Gasteiger partial charge in [0, 0.05) is 18.2 Å². The Morgan fingerprint density at radius 1 is 1.22 bits per heavy atom. The van der Waals surface area contributed by atoms with Gasteiger partial charge in [0.05, 0.1) is 12.1 Å². The molecule has 0 unspecified atom stereocenters. The van der Waals surface area contributed by atoms with Crippen LogP contribution < -0.4 is 16.4 Å². The van der Waals surface area contributed by atoms with Crippen molar-refractivity contribution in [2.24, 2.45) is 11.7 Å². The molecule has 0 atom stereocenters. The zero-order chi connectivity index (χ0) is 16.8. The summed E-state index contributed by atoms with van der Waals surface area (Å²) in [6, 6.07) is 8.96. The molecule has 1 heterocycles. The van der Waals surface area contributed by atoms with Gasteiger partial charge in [-0.05, 0) is 23.8 Å². The Hall–Kier alpha value is -2.60. The number of hydrogen-bond acceptors (Lipinski definition) is 4. The van der Waals surface area contributed by atoms with Gasteiger partial charge in [-0.25, -0.2) is 0 Å². The molecule has 6 nitrogen and oxygen atoms in total. The summed E-state index contributed by atoms with van der Waals surface area (Å²) in [6.07, 6.45) is 1.39. The smallest absolute Gasteiger partial charge is 0.254 e. The average molecular weight is 315 g/mol. The van der Waals surface area contributed by atoms with Gasteiger partial charge in [-0.1, -0.05) is 26.0 Å². The third kappa shape index (κ3) is 4.69. The van der Waals surface area contributed by atoms with E-state index >= 15 is 0 Å². The van der Waals surface area contributed by atoms with E-state index in [1.165, 1.54) is 6.26 Å². The topological polar surface area (TPSA) is 97.4 Å². The SMILES string of the molecule is CC(C)C(=O)Nc1ccc(CNC(=O)c2coc(CN)c2)cc1. The van der Waals surface area contributed by atoms with Crippen LogP contribution in [0.2, 0.25) is 0 Å². The molecule has 6 heteroatoms. The van der Waals surface area contributed by atoms with Crippen LogP contribution in [-0.2, 0) is 17.9 Å². The summed E-state index contributed by atoms with van der Waals surface area (Å²) in [5.74, 6) is 0.259. The van der Waals surface area contributed by atoms with Crippen molar-refractivity contribution in [2.75, 3.05) is 5.32 Å². The Morgan fingerprint density at radius 3 is 2.48 bits per heavy atom. The summed E-state index contributed by atoms with van der Waals surface area (Å²) in [6.45, 7) is 4.33. The maximum atomic E-state index is 12.0. The zero-order valence-corrected chi connectivity index (χ0v) is 13.3. The van der Waals surface area contributed by atoms with E-state index in [1.807, 2.05) is 38.1 Å². The van der Waals surface area contributed by atoms with E-state index in [-0.39, 0.29) is 24.3 Å². The molecule has 0 aliphatic carbocycles. The van der Waals surface area contributed by atoms with E-state index in [0.717, 1.165) is 11.3 Å². The fourth-order valence-corrected chi connectivity index (χ4v) is 1.88. The van der Waals surface area contributed by atoms with Crippen LogP contribution in [0.5, 0.6) is 0 Å². The molecule has 2 aromatic rings. The number of furan rings is 1. The van der Waals surface area contributed by atoms with Gasteiger partial charge in [-0.2, -0.15) is 0 Å². The van der Waals surface area contributed by atoms with Crippen molar-refractivity contribution in [2.45, 2.75) is 26.9 Å². The molecular formula is C17H21N3O3. The lowest BCUT2D eigenvalue weighted by Gasteiger charge is -2.09. The fourth-order valence-electron chi connectivity index (χ4n) is 1.88. The van der Waals surface area contributed by atoms with E-state index in [9.17, 15) is 9.59 Å². The molecule has 2 rings (SSSR count). The summed E-state index contributed by atoms with van der Waals surface area (Å²) in [5.41, 5.74) is 7.56. The second kappa shape index (κ2) is 7.60. The first kappa shape index (κ1) is 16.8. The number of amides is 2. The summed E-state index contributed by atoms with van der Waals surface area (Å²) < 4.78 is 5.13. The summed E-state index contributed by atoms with van der Waals surface area (Å²) in [4.78, 5) is 23.6. The summed E-state index contributed by atoms with van der Waals surface area (Å²) in [7, 11) is 0. The molecule has 0 spiro atoms. The Balaban J connectivity index is 1.88. The molecule has 0 fully saturated rings. The number of rotatable bonds is 6. The van der Waals surface area contributed by atoms with Crippen molar-refractivity contribution in [3.05, 3.63) is 53.5 Å². The van der Waals surface area contributed by atoms with Gasteiger partial charge in [0.1, 0.15) is 12.0 Å². The van der Waals surface area contributed by atoms with E-state index < -0.39 is 0 Å². The molecule has 1 aromatic heterocycles. The molecule has 122 valence electrons. The monoisotopic (exact) mass is 315 g/mol. The van der Waals surface area contributed by atoms with Gasteiger partial charge in [0.2, 0.25) is 5.91 Å². The first-order valence-electron chi connectivity index (χ1n) is 7.45. The highest BCUT2D eigenvalue weighted by molar-refractivity contribution is 5.94. The third-order valence-corrected chi connectivity index (χ3v) is 3.32. The Labute approximate surface area is 135 Å². The Morgan fingerprint density at radius 2 is 1.91 bits per heavy atom. The lowest BCUT2D eigenvalue weighted by Crippen LogP contribution is -2.22. The number of hydrogen-bond donors (Lipinski definition) is 3. The quantitative estimate of drug-likeness (QED) is 0.761. The normalized spacial score (nSPS) is 10.6. The highest BCUT2D eigenvalue weighted by Crippen LogP contribution is 2.12. The van der Waals surface area contributed by atoms with Crippen molar-refractivity contribution in [3.63, 3.8) is 0 Å². The fraction of sp³-hybridized carbons (Fsp3) is 0.294. The van der Waals surface area contributed by atoms with Crippen molar-refractivity contribution >= 4 is 17.5 Å². The lowest BCUT2D eigenvalue weighted by atomic mass is 10.1. The van der Waals surface area contributed by atoms with Crippen LogP contribution >= 0.6 is 0 Å². The van der Waals surface area contributed by atoms with Gasteiger partial charge >= 0.3 is 0 Å². The first-order chi connectivity index (χ1) is 11.0. The molecule has 0 bridgehead atoms. The maximum Gasteiger partial charge on any atom is 0.254 e. The second-order valence-corrected chi connectivity index (χ2v) is 5.53. The van der Waals surface area contributed by atoms with Crippen LogP contribution in [0.3, 0.4) is 0 Å². The molecule has 0 saturated heterocycles. The van der Waals surface area contributed by atoms with Gasteiger partial charge < -0.3 is 20.8 Å². The predicted molar refractivity (Wildman–Crippen MR) is 87.7 cm³/mol. The van der Waals surface area contributed by atoms with Crippen molar-refractivity contribution in [1.82, 2.24) is 5.32 Å². The molecule has 23 heavy (non-hydrogen) atoms. The minimum atomic E-state index is -0.217. The van der Waals surface area contributed by atoms with Crippen LogP contribution in [-0.4, -0.2) is 11.8 Å². The Kier molecular flexibility index (Phi) is 5.54. The largest absolute Gasteiger partial charge is 0.467 e. The number of nitrogens with two attached hydrogens (primary N) is 1. The van der Waals surface area contributed by atoms with Gasteiger partial charge in [-0.15, -0.1) is 0 Å². The van der Waals surface area contributed by atoms with Gasteiger partial charge in [-0.3, -0.25) is 9.59 Å². The van der Waals surface area contributed by atoms with Crippen molar-refractivity contribution in [3.8, 4) is 0 Å². The summed E-state index contributed by atoms with van der Waals surface area (Å²) >= 11 is 0. The van der Waals surface area contributed by atoms with Gasteiger partial charge in [0.25, 0.3) is 5.91 Å². The standard InChI is InChI=1S/C17H21N3O3/c1-11(2)16(21)20-14-5-3-12(4-6-14)9-19-17(22)13-7-15(8-18)23-10-13/h3-7,10-11H,8-9,18H2,1-2H3,(H,19,22)(H,20,21). The van der Waals surface area contributed by atoms with E-state index in [1.54, 1.807) is 6.07 Å². The number of carbonyl (C=O) groups excluding carboxylic acids is 2. The van der Waals surface area contributed by atoms with Crippen LogP contribution in [0.1, 0.15) is 35.5 Å². The van der Waals surface area contributed by atoms with Crippen LogP contribution in [0, 0.1) is 5.92 Å². The van der Waals surface area contributed by atoms with Crippen molar-refractivity contribution < 1.29 is 14.0 Å². The predicted octanol–water partition coefficient (Wildman–Crippen LogP) is 2.26. The molecular weight excluding hydrogens is 294 g/mol. The molecule has 0 aliphatic rings. The highest BCUT2D eigenvalue weighted by atomic mass is 16.3. The number of carbonyl (C=O) groups is 2. The van der Waals surface area contributed by atoms with Crippen LogP contribution in [0.25, 0.3) is 0 Å². The van der Waals surface area contributed by atoms with Crippen molar-refractivity contribution in [1.29, 1.82) is 0 Å². The number of nitrogens with one attached hydrogen (secondary N) is 2. The second-order valence-electron chi connectivity index (χ2n) is 5.53. The highest BCUT2D eigenvalue weighted by Gasteiger charge is 2.10. The molecule has 0 radical (unpaired) electrons. The molecule has 1 aromatic carbocycles. The molecule has 0 saturated carbocycles. The van der Waals surface area contributed by atoms with Crippen LogP contribution in [0.15, 0.2) is 41.0 Å². The third-order valence-electron chi connectivity index (χ3n) is 3.32.